The molecule has 3 aromatic heterocycles. The van der Waals surface area contributed by atoms with Crippen LogP contribution in [0.25, 0.3) is 17.4 Å². The minimum atomic E-state index is -0.471. The van der Waals surface area contributed by atoms with Crippen LogP contribution in [0.1, 0.15) is 11.3 Å². The van der Waals surface area contributed by atoms with Crippen LogP contribution in [0.15, 0.2) is 41.0 Å². The lowest BCUT2D eigenvalue weighted by Gasteiger charge is -2.12. The highest BCUT2D eigenvalue weighted by Crippen LogP contribution is 2.27. The maximum atomic E-state index is 13.4. The average molecular weight is 358 g/mol. The van der Waals surface area contributed by atoms with E-state index < -0.39 is 5.82 Å². The molecule has 8 heteroatoms. The molecular weight excluding hydrogens is 345 g/mol. The number of halogens is 2. The molecule has 0 spiro atoms. The fraction of sp³-hybridized carbons (Fsp3) is 0.118. The third-order valence-electron chi connectivity index (χ3n) is 3.89. The molecule has 0 bridgehead atoms. The summed E-state index contributed by atoms with van der Waals surface area (Å²) in [7, 11) is 0. The maximum absolute atomic E-state index is 13.4. The number of hydrogen-bond donors (Lipinski definition) is 1. The summed E-state index contributed by atoms with van der Waals surface area (Å²) in [5, 5.41) is 7.74. The first-order chi connectivity index (χ1) is 12.0. The lowest BCUT2D eigenvalue weighted by atomic mass is 10.2. The molecule has 3 heterocycles. The maximum Gasteiger partial charge on any atom is 0.255 e. The van der Waals surface area contributed by atoms with E-state index in [-0.39, 0.29) is 5.02 Å². The van der Waals surface area contributed by atoms with Crippen molar-refractivity contribution in [2.75, 3.05) is 5.32 Å². The van der Waals surface area contributed by atoms with Crippen molar-refractivity contribution in [1.29, 1.82) is 0 Å². The molecule has 1 aromatic carbocycles. The van der Waals surface area contributed by atoms with Crippen LogP contribution in [0.2, 0.25) is 5.02 Å². The topological polar surface area (TPSA) is 68.2 Å². The van der Waals surface area contributed by atoms with E-state index in [4.69, 9.17) is 16.0 Å². The zero-order valence-corrected chi connectivity index (χ0v) is 14.2. The Bertz CT molecular complexity index is 1070. The second-order valence-electron chi connectivity index (χ2n) is 5.55. The standard InChI is InChI=1S/C17H13ClFN5O/c1-9-10(2)20-17-22-15(14-4-3-7-25-14)23-24(17)16(9)21-11-5-6-13(19)12(18)8-11/h3-8,21H,1-2H3. The molecule has 1 N–H and O–H groups in total. The molecule has 126 valence electrons. The summed E-state index contributed by atoms with van der Waals surface area (Å²) in [6, 6.07) is 7.97. The highest BCUT2D eigenvalue weighted by Gasteiger charge is 2.16. The summed E-state index contributed by atoms with van der Waals surface area (Å²) < 4.78 is 20.3. The van der Waals surface area contributed by atoms with E-state index in [1.165, 1.54) is 12.1 Å². The molecule has 0 aliphatic heterocycles. The smallest absolute Gasteiger partial charge is 0.255 e. The van der Waals surface area contributed by atoms with Crippen LogP contribution in [0.3, 0.4) is 0 Å². The minimum Gasteiger partial charge on any atom is -0.461 e. The van der Waals surface area contributed by atoms with Gasteiger partial charge in [0.1, 0.15) is 11.6 Å². The van der Waals surface area contributed by atoms with Gasteiger partial charge in [0.2, 0.25) is 5.82 Å². The molecule has 0 aliphatic rings. The fourth-order valence-corrected chi connectivity index (χ4v) is 2.64. The van der Waals surface area contributed by atoms with Gasteiger partial charge in [-0.1, -0.05) is 11.6 Å². The Balaban J connectivity index is 1.86. The number of hydrogen-bond acceptors (Lipinski definition) is 5. The molecular formula is C17H13ClFN5O. The van der Waals surface area contributed by atoms with Crippen molar-refractivity contribution in [3.63, 3.8) is 0 Å². The van der Waals surface area contributed by atoms with Gasteiger partial charge >= 0.3 is 0 Å². The van der Waals surface area contributed by atoms with Gasteiger partial charge < -0.3 is 9.73 Å². The summed E-state index contributed by atoms with van der Waals surface area (Å²) in [4.78, 5) is 8.87. The number of anilines is 2. The molecule has 4 rings (SSSR count). The Morgan fingerprint density at radius 3 is 2.76 bits per heavy atom. The summed E-state index contributed by atoms with van der Waals surface area (Å²) in [5.41, 5.74) is 2.34. The van der Waals surface area contributed by atoms with Crippen molar-refractivity contribution >= 4 is 28.9 Å². The van der Waals surface area contributed by atoms with Crippen molar-refractivity contribution in [2.45, 2.75) is 13.8 Å². The van der Waals surface area contributed by atoms with Crippen molar-refractivity contribution < 1.29 is 8.81 Å². The van der Waals surface area contributed by atoms with E-state index in [0.29, 0.717) is 28.9 Å². The summed E-state index contributed by atoms with van der Waals surface area (Å²) in [6.07, 6.45) is 1.56. The molecule has 6 nitrogen and oxygen atoms in total. The first-order valence-electron chi connectivity index (χ1n) is 7.53. The lowest BCUT2D eigenvalue weighted by Crippen LogP contribution is -2.06. The van der Waals surface area contributed by atoms with Crippen LogP contribution in [0.4, 0.5) is 15.9 Å². The average Bonchev–Trinajstić information content (AvgIpc) is 3.24. The van der Waals surface area contributed by atoms with Gasteiger partial charge in [-0.3, -0.25) is 0 Å². The van der Waals surface area contributed by atoms with Crippen LogP contribution in [-0.4, -0.2) is 19.6 Å². The SMILES string of the molecule is Cc1nc2nc(-c3ccco3)nn2c(Nc2ccc(F)c(Cl)c2)c1C. The molecule has 0 saturated heterocycles. The molecule has 0 atom stereocenters. The van der Waals surface area contributed by atoms with Crippen LogP contribution < -0.4 is 5.32 Å². The van der Waals surface area contributed by atoms with Gasteiger partial charge in [0, 0.05) is 16.9 Å². The zero-order chi connectivity index (χ0) is 17.6. The van der Waals surface area contributed by atoms with Gasteiger partial charge in [-0.15, -0.1) is 5.10 Å². The number of nitrogens with zero attached hydrogens (tertiary/aromatic N) is 4. The number of benzene rings is 1. The number of aryl methyl sites for hydroxylation is 1. The third-order valence-corrected chi connectivity index (χ3v) is 4.18. The predicted molar refractivity (Wildman–Crippen MR) is 92.7 cm³/mol. The largest absolute Gasteiger partial charge is 0.461 e. The van der Waals surface area contributed by atoms with Gasteiger partial charge in [0.15, 0.2) is 5.76 Å². The van der Waals surface area contributed by atoms with Gasteiger partial charge in [0.05, 0.1) is 11.3 Å². The normalized spacial score (nSPS) is 11.2. The number of aromatic nitrogens is 4. The van der Waals surface area contributed by atoms with Crippen LogP contribution in [-0.2, 0) is 0 Å². The molecule has 0 fully saturated rings. The van der Waals surface area contributed by atoms with Crippen molar-refractivity contribution in [2.24, 2.45) is 0 Å². The van der Waals surface area contributed by atoms with E-state index >= 15 is 0 Å². The quantitative estimate of drug-likeness (QED) is 0.583. The monoisotopic (exact) mass is 357 g/mol. The van der Waals surface area contributed by atoms with Gasteiger partial charge in [-0.2, -0.15) is 9.50 Å². The lowest BCUT2D eigenvalue weighted by molar-refractivity contribution is 0.577. The molecule has 0 unspecified atom stereocenters. The highest BCUT2D eigenvalue weighted by molar-refractivity contribution is 6.31. The highest BCUT2D eigenvalue weighted by atomic mass is 35.5. The fourth-order valence-electron chi connectivity index (χ4n) is 2.46. The van der Waals surface area contributed by atoms with Crippen molar-refractivity contribution in [3.8, 4) is 11.6 Å². The Kier molecular flexibility index (Phi) is 3.65. The first-order valence-corrected chi connectivity index (χ1v) is 7.90. The zero-order valence-electron chi connectivity index (χ0n) is 13.4. The Morgan fingerprint density at radius 1 is 1.20 bits per heavy atom. The number of nitrogens with one attached hydrogen (secondary N) is 1. The third kappa shape index (κ3) is 2.72. The number of furan rings is 1. The minimum absolute atomic E-state index is 0.0412. The molecule has 0 radical (unpaired) electrons. The van der Waals surface area contributed by atoms with E-state index in [0.717, 1.165) is 11.3 Å². The Morgan fingerprint density at radius 2 is 2.04 bits per heavy atom. The Hall–Kier alpha value is -2.93. The van der Waals surface area contributed by atoms with Gasteiger partial charge in [-0.25, -0.2) is 9.37 Å². The molecule has 25 heavy (non-hydrogen) atoms. The van der Waals surface area contributed by atoms with E-state index in [9.17, 15) is 4.39 Å². The Labute approximate surface area is 147 Å². The van der Waals surface area contributed by atoms with E-state index in [1.54, 1.807) is 29.0 Å². The second kappa shape index (κ2) is 5.86. The summed E-state index contributed by atoms with van der Waals surface area (Å²) in [5.74, 6) is 1.63. The predicted octanol–water partition coefficient (Wildman–Crippen LogP) is 4.54. The van der Waals surface area contributed by atoms with Crippen molar-refractivity contribution in [3.05, 3.63) is 58.7 Å². The van der Waals surface area contributed by atoms with E-state index in [2.05, 4.69) is 20.4 Å². The number of rotatable bonds is 3. The van der Waals surface area contributed by atoms with Gasteiger partial charge in [0.25, 0.3) is 5.78 Å². The van der Waals surface area contributed by atoms with Crippen molar-refractivity contribution in [1.82, 2.24) is 19.6 Å². The summed E-state index contributed by atoms with van der Waals surface area (Å²) in [6.45, 7) is 3.81. The second-order valence-corrected chi connectivity index (χ2v) is 5.96. The first kappa shape index (κ1) is 15.6. The van der Waals surface area contributed by atoms with Gasteiger partial charge in [-0.05, 0) is 44.2 Å². The van der Waals surface area contributed by atoms with Crippen LogP contribution in [0, 0.1) is 19.7 Å². The summed E-state index contributed by atoms with van der Waals surface area (Å²) >= 11 is 5.87. The molecule has 0 saturated carbocycles. The molecule has 4 aromatic rings. The number of fused-ring (bicyclic) bond motifs is 1. The van der Waals surface area contributed by atoms with E-state index in [1.807, 2.05) is 13.8 Å². The van der Waals surface area contributed by atoms with Crippen LogP contribution in [0.5, 0.6) is 0 Å². The van der Waals surface area contributed by atoms with Crippen LogP contribution >= 0.6 is 11.6 Å². The molecule has 0 amide bonds. The molecule has 0 aliphatic carbocycles.